The lowest BCUT2D eigenvalue weighted by atomic mass is 9.79. The monoisotopic (exact) mass is 819 g/mol. The molecule has 0 aromatic heterocycles. The van der Waals surface area contributed by atoms with Gasteiger partial charge in [0.2, 0.25) is 0 Å². The summed E-state index contributed by atoms with van der Waals surface area (Å²) in [7, 11) is 0. The minimum atomic E-state index is 0.543. The van der Waals surface area contributed by atoms with Crippen molar-refractivity contribution in [1.29, 1.82) is 0 Å². The Morgan fingerprint density at radius 2 is 0.754 bits per heavy atom. The molecule has 0 heterocycles. The molecule has 4 aromatic rings. The van der Waals surface area contributed by atoms with Crippen LogP contribution in [0.3, 0.4) is 0 Å². The van der Waals surface area contributed by atoms with Gasteiger partial charge < -0.3 is 9.47 Å². The van der Waals surface area contributed by atoms with Crippen molar-refractivity contribution in [2.75, 3.05) is 13.2 Å². The Hall–Kier alpha value is -4.40. The first-order valence-electron chi connectivity index (χ1n) is 24.7. The van der Waals surface area contributed by atoms with Crippen molar-refractivity contribution in [3.63, 3.8) is 0 Å². The van der Waals surface area contributed by atoms with E-state index in [2.05, 4.69) is 148 Å². The molecule has 0 aliphatic heterocycles. The molecule has 2 saturated carbocycles. The number of ether oxygens (including phenoxy) is 2. The molecular weight excluding hydrogens is 741 g/mol. The second-order valence-corrected chi connectivity index (χ2v) is 17.8. The van der Waals surface area contributed by atoms with Crippen LogP contribution < -0.4 is 9.47 Å². The molecule has 2 heteroatoms. The van der Waals surface area contributed by atoms with E-state index >= 15 is 0 Å². The van der Waals surface area contributed by atoms with Crippen molar-refractivity contribution in [2.45, 2.75) is 174 Å². The normalized spacial score (nSPS) is 18.4. The SMILES string of the molecule is CCCCCCCOc1ccc(C2CCC(C#Cc3ccc(CCC)cc3)CC2)cc1.CCCCCCOc1ccc(C2CCC(C#Cc3ccc(CCC)cc3)CC2)cc1. The van der Waals surface area contributed by atoms with Crippen LogP contribution in [0, 0.1) is 35.5 Å². The Morgan fingerprint density at radius 1 is 0.393 bits per heavy atom. The summed E-state index contributed by atoms with van der Waals surface area (Å²) in [6.07, 6.45) is 25.9. The summed E-state index contributed by atoms with van der Waals surface area (Å²) in [5.74, 6) is 18.4. The van der Waals surface area contributed by atoms with Crippen molar-refractivity contribution in [3.8, 4) is 35.2 Å². The van der Waals surface area contributed by atoms with Crippen LogP contribution in [-0.2, 0) is 12.8 Å². The maximum atomic E-state index is 5.92. The lowest BCUT2D eigenvalue weighted by Crippen LogP contribution is -2.12. The smallest absolute Gasteiger partial charge is 0.119 e. The highest BCUT2D eigenvalue weighted by Crippen LogP contribution is 2.37. The number of rotatable bonds is 19. The summed E-state index contributed by atoms with van der Waals surface area (Å²) in [5.41, 5.74) is 8.07. The first kappa shape index (κ1) is 47.6. The number of unbranched alkanes of at least 4 members (excludes halogenated alkanes) is 7. The topological polar surface area (TPSA) is 18.5 Å². The molecule has 0 N–H and O–H groups in total. The van der Waals surface area contributed by atoms with Crippen LogP contribution in [0.5, 0.6) is 11.5 Å². The standard InChI is InChI=1S/C30H40O.C29H38O/c1-3-5-6-7-8-24-31-30-22-20-29(21-23-30)28-18-16-27(17-19-28)15-14-26-12-10-25(9-4-2)11-13-26;1-3-5-6-7-23-30-29-21-19-28(20-22-29)27-17-15-26(16-18-27)14-13-25-11-9-24(8-4-2)10-12-25/h10-13,20-23,27-28H,3-9,16-19,24H2,1-2H3;9-12,19-22,26-27H,3-8,15-18,23H2,1-2H3. The Labute approximate surface area is 373 Å². The Bertz CT molecular complexity index is 1870. The average Bonchev–Trinajstić information content (AvgIpc) is 3.31. The van der Waals surface area contributed by atoms with E-state index in [-0.39, 0.29) is 0 Å². The fourth-order valence-corrected chi connectivity index (χ4v) is 8.89. The number of hydrogen-bond donors (Lipinski definition) is 0. The van der Waals surface area contributed by atoms with Gasteiger partial charge in [0.1, 0.15) is 11.5 Å². The van der Waals surface area contributed by atoms with Gasteiger partial charge in [-0.2, -0.15) is 0 Å². The summed E-state index contributed by atoms with van der Waals surface area (Å²) >= 11 is 0. The van der Waals surface area contributed by atoms with E-state index in [1.54, 1.807) is 0 Å². The van der Waals surface area contributed by atoms with Gasteiger partial charge in [0.15, 0.2) is 0 Å². The molecule has 2 aliphatic rings. The summed E-state index contributed by atoms with van der Waals surface area (Å²) < 4.78 is 11.8. The molecule has 0 atom stereocenters. The fraction of sp³-hybridized carbons (Fsp3) is 0.525. The van der Waals surface area contributed by atoms with Gasteiger partial charge in [-0.15, -0.1) is 0 Å². The summed E-state index contributed by atoms with van der Waals surface area (Å²) in [5, 5.41) is 0. The fourth-order valence-electron chi connectivity index (χ4n) is 8.89. The highest BCUT2D eigenvalue weighted by atomic mass is 16.5. The molecular formula is C59H78O2. The van der Waals surface area contributed by atoms with E-state index in [1.807, 2.05) is 0 Å². The van der Waals surface area contributed by atoms with Gasteiger partial charge in [-0.05, 0) is 160 Å². The third-order valence-electron chi connectivity index (χ3n) is 12.8. The van der Waals surface area contributed by atoms with Crippen LogP contribution in [0.1, 0.15) is 195 Å². The van der Waals surface area contributed by atoms with E-state index in [1.165, 1.54) is 131 Å². The maximum Gasteiger partial charge on any atom is 0.119 e. The van der Waals surface area contributed by atoms with Crippen LogP contribution >= 0.6 is 0 Å². The van der Waals surface area contributed by atoms with E-state index in [0.717, 1.165) is 61.5 Å². The van der Waals surface area contributed by atoms with Crippen LogP contribution in [0.15, 0.2) is 97.1 Å². The van der Waals surface area contributed by atoms with Gasteiger partial charge in [-0.3, -0.25) is 0 Å². The molecule has 326 valence electrons. The van der Waals surface area contributed by atoms with Gasteiger partial charge in [0, 0.05) is 23.0 Å². The summed E-state index contributed by atoms with van der Waals surface area (Å²) in [6, 6.07) is 35.4. The zero-order valence-electron chi connectivity index (χ0n) is 38.6. The van der Waals surface area contributed by atoms with Crippen LogP contribution in [0.4, 0.5) is 0 Å². The minimum absolute atomic E-state index is 0.543. The molecule has 0 saturated heterocycles. The van der Waals surface area contributed by atoms with Crippen molar-refractivity contribution in [1.82, 2.24) is 0 Å². The Morgan fingerprint density at radius 3 is 1.11 bits per heavy atom. The molecule has 0 unspecified atom stereocenters. The van der Waals surface area contributed by atoms with Crippen LogP contribution in [0.25, 0.3) is 0 Å². The highest BCUT2D eigenvalue weighted by Gasteiger charge is 2.22. The van der Waals surface area contributed by atoms with Crippen LogP contribution in [-0.4, -0.2) is 13.2 Å². The quantitative estimate of drug-likeness (QED) is 0.0693. The van der Waals surface area contributed by atoms with Crippen LogP contribution in [0.2, 0.25) is 0 Å². The van der Waals surface area contributed by atoms with E-state index in [0.29, 0.717) is 23.7 Å². The summed E-state index contributed by atoms with van der Waals surface area (Å²) in [4.78, 5) is 0. The van der Waals surface area contributed by atoms with Gasteiger partial charge in [-0.1, -0.05) is 158 Å². The zero-order valence-corrected chi connectivity index (χ0v) is 38.6. The molecule has 2 fully saturated rings. The molecule has 4 aromatic carbocycles. The molecule has 0 spiro atoms. The maximum absolute atomic E-state index is 5.92. The molecule has 0 bridgehead atoms. The number of benzene rings is 4. The lowest BCUT2D eigenvalue weighted by molar-refractivity contribution is 0.304. The first-order valence-corrected chi connectivity index (χ1v) is 24.7. The molecule has 61 heavy (non-hydrogen) atoms. The predicted octanol–water partition coefficient (Wildman–Crippen LogP) is 16.2. The third-order valence-corrected chi connectivity index (χ3v) is 12.8. The molecule has 0 amide bonds. The van der Waals surface area contributed by atoms with Crippen molar-refractivity contribution in [2.24, 2.45) is 11.8 Å². The molecule has 2 aliphatic carbocycles. The zero-order chi connectivity index (χ0) is 42.7. The van der Waals surface area contributed by atoms with E-state index in [4.69, 9.17) is 9.47 Å². The first-order chi connectivity index (χ1) is 30.1. The van der Waals surface area contributed by atoms with Gasteiger partial charge in [0.05, 0.1) is 13.2 Å². The second kappa shape index (κ2) is 28.2. The minimum Gasteiger partial charge on any atom is -0.494 e. The predicted molar refractivity (Wildman–Crippen MR) is 261 cm³/mol. The Kier molecular flexibility index (Phi) is 22.1. The van der Waals surface area contributed by atoms with Crippen molar-refractivity contribution < 1.29 is 9.47 Å². The second-order valence-electron chi connectivity index (χ2n) is 17.8. The van der Waals surface area contributed by atoms with Gasteiger partial charge >= 0.3 is 0 Å². The van der Waals surface area contributed by atoms with Crippen molar-refractivity contribution >= 4 is 0 Å². The van der Waals surface area contributed by atoms with E-state index in [9.17, 15) is 0 Å². The van der Waals surface area contributed by atoms with Gasteiger partial charge in [0.25, 0.3) is 0 Å². The van der Waals surface area contributed by atoms with E-state index < -0.39 is 0 Å². The molecule has 2 nitrogen and oxygen atoms in total. The number of hydrogen-bond acceptors (Lipinski definition) is 2. The Balaban J connectivity index is 0.000000231. The van der Waals surface area contributed by atoms with Crippen molar-refractivity contribution in [3.05, 3.63) is 130 Å². The van der Waals surface area contributed by atoms with Gasteiger partial charge in [-0.25, -0.2) is 0 Å². The largest absolute Gasteiger partial charge is 0.494 e. The number of aryl methyl sites for hydroxylation is 2. The average molecular weight is 819 g/mol. The summed E-state index contributed by atoms with van der Waals surface area (Å²) in [6.45, 7) is 10.6. The third kappa shape index (κ3) is 17.8. The lowest BCUT2D eigenvalue weighted by Gasteiger charge is -2.26. The molecule has 0 radical (unpaired) electrons. The highest BCUT2D eigenvalue weighted by molar-refractivity contribution is 5.38. The molecule has 6 rings (SSSR count).